The second kappa shape index (κ2) is 3.53. The number of rotatable bonds is 3. The highest BCUT2D eigenvalue weighted by atomic mass is 19.1. The van der Waals surface area contributed by atoms with Crippen molar-refractivity contribution in [3.8, 4) is 0 Å². The van der Waals surface area contributed by atoms with Crippen LogP contribution in [-0.4, -0.2) is 4.98 Å². The van der Waals surface area contributed by atoms with Gasteiger partial charge < -0.3 is 11.5 Å². The summed E-state index contributed by atoms with van der Waals surface area (Å²) in [4.78, 5) is 3.56. The zero-order chi connectivity index (χ0) is 10.1. The third kappa shape index (κ3) is 2.01. The van der Waals surface area contributed by atoms with Crippen molar-refractivity contribution in [3.05, 3.63) is 23.8 Å². The summed E-state index contributed by atoms with van der Waals surface area (Å²) in [6.07, 6.45) is 4.95. The van der Waals surface area contributed by atoms with Crippen molar-refractivity contribution < 1.29 is 4.39 Å². The van der Waals surface area contributed by atoms with E-state index in [0.29, 0.717) is 0 Å². The molecule has 0 aromatic carbocycles. The molecule has 1 saturated carbocycles. The van der Waals surface area contributed by atoms with Crippen LogP contribution in [0.1, 0.15) is 30.9 Å². The number of pyridine rings is 1. The van der Waals surface area contributed by atoms with Gasteiger partial charge in [-0.25, -0.2) is 4.98 Å². The summed E-state index contributed by atoms with van der Waals surface area (Å²) in [6, 6.07) is 1.52. The Morgan fingerprint density at radius 2 is 2.29 bits per heavy atom. The van der Waals surface area contributed by atoms with E-state index in [1.807, 2.05) is 0 Å². The lowest BCUT2D eigenvalue weighted by atomic mass is 10.0. The zero-order valence-electron chi connectivity index (χ0n) is 7.91. The molecule has 2 rings (SSSR count). The number of hydrogen-bond donors (Lipinski definition) is 2. The highest BCUT2D eigenvalue weighted by Crippen LogP contribution is 2.36. The summed E-state index contributed by atoms with van der Waals surface area (Å²) < 4.78 is 12.8. The smallest absolute Gasteiger partial charge is 0.236 e. The van der Waals surface area contributed by atoms with Crippen LogP contribution < -0.4 is 11.5 Å². The first-order valence-corrected chi connectivity index (χ1v) is 4.83. The molecule has 3 nitrogen and oxygen atoms in total. The topological polar surface area (TPSA) is 64.9 Å². The number of hydrogen-bond acceptors (Lipinski definition) is 3. The second-order valence-corrected chi connectivity index (χ2v) is 3.93. The van der Waals surface area contributed by atoms with E-state index < -0.39 is 5.95 Å². The molecular formula is C10H14FN3. The van der Waals surface area contributed by atoms with E-state index in [4.69, 9.17) is 11.5 Å². The first kappa shape index (κ1) is 9.40. The molecular weight excluding hydrogens is 181 g/mol. The molecule has 0 bridgehead atoms. The monoisotopic (exact) mass is 195 g/mol. The fourth-order valence-electron chi connectivity index (χ4n) is 1.53. The lowest BCUT2D eigenvalue weighted by Crippen LogP contribution is -2.12. The van der Waals surface area contributed by atoms with Crippen molar-refractivity contribution in [2.45, 2.75) is 25.3 Å². The van der Waals surface area contributed by atoms with Gasteiger partial charge in [0.15, 0.2) is 0 Å². The number of anilines is 1. The fourth-order valence-corrected chi connectivity index (χ4v) is 1.53. The van der Waals surface area contributed by atoms with E-state index in [-0.39, 0.29) is 11.7 Å². The van der Waals surface area contributed by atoms with E-state index in [0.717, 1.165) is 17.9 Å². The fraction of sp³-hybridized carbons (Fsp3) is 0.500. The Kier molecular flexibility index (Phi) is 2.37. The van der Waals surface area contributed by atoms with Gasteiger partial charge in [0.25, 0.3) is 0 Å². The van der Waals surface area contributed by atoms with Crippen molar-refractivity contribution in [2.24, 2.45) is 11.7 Å². The Balaban J connectivity index is 2.10. The van der Waals surface area contributed by atoms with Crippen molar-refractivity contribution >= 4 is 5.69 Å². The molecule has 0 saturated heterocycles. The Bertz CT molecular complexity index is 336. The Labute approximate surface area is 82.3 Å². The standard InChI is InChI=1S/C10H14FN3/c11-10-9(13)4-7(5-14-10)8(12)3-6-1-2-6/h4-6,8H,1-3,12-13H2/t8-/m1/s1. The maximum Gasteiger partial charge on any atom is 0.236 e. The quantitative estimate of drug-likeness (QED) is 0.720. The Morgan fingerprint density at radius 1 is 1.57 bits per heavy atom. The van der Waals surface area contributed by atoms with Crippen molar-refractivity contribution in [2.75, 3.05) is 5.73 Å². The van der Waals surface area contributed by atoms with Gasteiger partial charge in [-0.1, -0.05) is 12.8 Å². The number of halogens is 1. The number of nitrogens with two attached hydrogens (primary N) is 2. The minimum Gasteiger partial charge on any atom is -0.395 e. The van der Waals surface area contributed by atoms with Crippen LogP contribution in [0.25, 0.3) is 0 Å². The molecule has 14 heavy (non-hydrogen) atoms. The average molecular weight is 195 g/mol. The number of nitrogen functional groups attached to an aromatic ring is 1. The second-order valence-electron chi connectivity index (χ2n) is 3.93. The van der Waals surface area contributed by atoms with Crippen LogP contribution >= 0.6 is 0 Å². The minimum absolute atomic E-state index is 0.0575. The molecule has 4 N–H and O–H groups in total. The van der Waals surface area contributed by atoms with E-state index in [1.54, 1.807) is 6.07 Å². The normalized spacial score (nSPS) is 18.1. The average Bonchev–Trinajstić information content (AvgIpc) is 2.93. The molecule has 0 spiro atoms. The lowest BCUT2D eigenvalue weighted by Gasteiger charge is -2.11. The summed E-state index contributed by atoms with van der Waals surface area (Å²) in [6.45, 7) is 0. The van der Waals surface area contributed by atoms with Crippen molar-refractivity contribution in [3.63, 3.8) is 0 Å². The summed E-state index contributed by atoms with van der Waals surface area (Å²) in [5.41, 5.74) is 12.3. The van der Waals surface area contributed by atoms with E-state index >= 15 is 0 Å². The molecule has 0 radical (unpaired) electrons. The van der Waals surface area contributed by atoms with Crippen LogP contribution in [-0.2, 0) is 0 Å². The van der Waals surface area contributed by atoms with Crippen LogP contribution in [0.4, 0.5) is 10.1 Å². The van der Waals surface area contributed by atoms with Gasteiger partial charge in [0.05, 0.1) is 5.69 Å². The molecule has 0 unspecified atom stereocenters. The first-order chi connectivity index (χ1) is 6.66. The van der Waals surface area contributed by atoms with Gasteiger partial charge in [0, 0.05) is 12.2 Å². The van der Waals surface area contributed by atoms with Crippen LogP contribution in [0, 0.1) is 11.9 Å². The van der Waals surface area contributed by atoms with E-state index in [9.17, 15) is 4.39 Å². The Morgan fingerprint density at radius 3 is 2.86 bits per heavy atom. The molecule has 1 aromatic rings. The molecule has 0 amide bonds. The number of nitrogens with zero attached hydrogens (tertiary/aromatic N) is 1. The van der Waals surface area contributed by atoms with Crippen molar-refractivity contribution in [1.29, 1.82) is 0 Å². The van der Waals surface area contributed by atoms with Gasteiger partial charge in [-0.2, -0.15) is 4.39 Å². The lowest BCUT2D eigenvalue weighted by molar-refractivity contribution is 0.571. The largest absolute Gasteiger partial charge is 0.395 e. The molecule has 1 atom stereocenters. The molecule has 1 heterocycles. The van der Waals surface area contributed by atoms with Gasteiger partial charge in [-0.3, -0.25) is 0 Å². The molecule has 0 aliphatic heterocycles. The van der Waals surface area contributed by atoms with E-state index in [1.165, 1.54) is 19.0 Å². The predicted molar refractivity (Wildman–Crippen MR) is 52.9 cm³/mol. The Hall–Kier alpha value is -1.16. The van der Waals surface area contributed by atoms with Crippen molar-refractivity contribution in [1.82, 2.24) is 4.98 Å². The highest BCUT2D eigenvalue weighted by Gasteiger charge is 2.24. The first-order valence-electron chi connectivity index (χ1n) is 4.83. The van der Waals surface area contributed by atoms with Gasteiger partial charge in [-0.05, 0) is 24.0 Å². The molecule has 4 heteroatoms. The summed E-state index contributed by atoms with van der Waals surface area (Å²) >= 11 is 0. The van der Waals surface area contributed by atoms with Crippen LogP contribution in [0.3, 0.4) is 0 Å². The highest BCUT2D eigenvalue weighted by molar-refractivity contribution is 5.39. The van der Waals surface area contributed by atoms with Gasteiger partial charge >= 0.3 is 0 Å². The van der Waals surface area contributed by atoms with Gasteiger partial charge in [0.1, 0.15) is 0 Å². The van der Waals surface area contributed by atoms with Crippen LogP contribution in [0.5, 0.6) is 0 Å². The minimum atomic E-state index is -0.618. The summed E-state index contributed by atoms with van der Waals surface area (Å²) in [7, 11) is 0. The third-order valence-corrected chi connectivity index (χ3v) is 2.60. The van der Waals surface area contributed by atoms with Crippen LogP contribution in [0.2, 0.25) is 0 Å². The predicted octanol–water partition coefficient (Wildman–Crippen LogP) is 1.60. The maximum atomic E-state index is 12.8. The molecule has 1 aliphatic carbocycles. The van der Waals surface area contributed by atoms with Gasteiger partial charge in [-0.15, -0.1) is 0 Å². The summed E-state index contributed by atoms with van der Waals surface area (Å²) in [5, 5.41) is 0. The van der Waals surface area contributed by atoms with E-state index in [2.05, 4.69) is 4.98 Å². The SMILES string of the molecule is Nc1cc([C@H](N)CC2CC2)cnc1F. The molecule has 1 fully saturated rings. The zero-order valence-corrected chi connectivity index (χ0v) is 7.91. The molecule has 1 aromatic heterocycles. The summed E-state index contributed by atoms with van der Waals surface area (Å²) in [5.74, 6) is 0.128. The molecule has 1 aliphatic rings. The van der Waals surface area contributed by atoms with Gasteiger partial charge in [0.2, 0.25) is 5.95 Å². The number of aromatic nitrogens is 1. The van der Waals surface area contributed by atoms with Crippen LogP contribution in [0.15, 0.2) is 12.3 Å². The maximum absolute atomic E-state index is 12.8. The third-order valence-electron chi connectivity index (χ3n) is 2.60. The molecule has 76 valence electrons.